The van der Waals surface area contributed by atoms with Crippen molar-refractivity contribution in [3.63, 3.8) is 0 Å². The van der Waals surface area contributed by atoms with Crippen LogP contribution in [0.15, 0.2) is 53.4 Å². The highest BCUT2D eigenvalue weighted by atomic mass is 32.2. The van der Waals surface area contributed by atoms with Gasteiger partial charge in [0.05, 0.1) is 16.6 Å². The largest absolute Gasteiger partial charge is 0.459 e. The van der Waals surface area contributed by atoms with Gasteiger partial charge in [-0.15, -0.1) is 0 Å². The fourth-order valence-corrected chi connectivity index (χ4v) is 2.80. The second kappa shape index (κ2) is 8.26. The molecule has 9 heteroatoms. The van der Waals surface area contributed by atoms with Crippen molar-refractivity contribution in [2.75, 3.05) is 5.32 Å². The third kappa shape index (κ3) is 5.10. The molecule has 2 aromatic carbocycles. The van der Waals surface area contributed by atoms with Gasteiger partial charge in [0.2, 0.25) is 9.84 Å². The first kappa shape index (κ1) is 20.5. The Kier molecular flexibility index (Phi) is 6.27. The Hall–Kier alpha value is -2.81. The molecule has 0 heterocycles. The van der Waals surface area contributed by atoms with Crippen LogP contribution in [0.2, 0.25) is 0 Å². The van der Waals surface area contributed by atoms with Crippen LogP contribution in [0.3, 0.4) is 0 Å². The third-order valence-corrected chi connectivity index (χ3v) is 4.80. The molecule has 1 N–H and O–H groups in total. The molecule has 0 spiro atoms. The Bertz CT molecular complexity index is 923. The normalized spacial score (nSPS) is 11.5. The highest BCUT2D eigenvalue weighted by Crippen LogP contribution is 2.19. The monoisotopic (exact) mass is 397 g/mol. The third-order valence-electron chi connectivity index (χ3n) is 3.40. The van der Waals surface area contributed by atoms with E-state index in [-0.39, 0.29) is 11.7 Å². The van der Waals surface area contributed by atoms with Crippen LogP contribution in [-0.2, 0) is 14.6 Å². The van der Waals surface area contributed by atoms with Crippen molar-refractivity contribution in [1.29, 1.82) is 0 Å². The standard InChI is InChI=1S/C18H17F2NO5S/c1-11(2)26-17(23)13-3-7-14(8-4-13)21-16(22)12-5-9-15(10-6-12)27(24,25)18(19)20/h3-11,18H,1-2H3,(H,21,22). The second-order valence-corrected chi connectivity index (χ2v) is 7.73. The van der Waals surface area contributed by atoms with Crippen molar-refractivity contribution < 1.29 is 31.5 Å². The summed E-state index contributed by atoms with van der Waals surface area (Å²) in [6.45, 7) is 3.45. The zero-order valence-electron chi connectivity index (χ0n) is 14.5. The SMILES string of the molecule is CC(C)OC(=O)c1ccc(NC(=O)c2ccc(S(=O)(=O)C(F)F)cc2)cc1. The molecule has 1 amide bonds. The molecule has 0 unspecified atom stereocenters. The quantitative estimate of drug-likeness (QED) is 0.754. The number of rotatable bonds is 6. The molecule has 0 fully saturated rings. The summed E-state index contributed by atoms with van der Waals surface area (Å²) in [6.07, 6.45) is -0.256. The van der Waals surface area contributed by atoms with E-state index in [1.54, 1.807) is 13.8 Å². The van der Waals surface area contributed by atoms with Crippen LogP contribution in [-0.4, -0.2) is 32.2 Å². The highest BCUT2D eigenvalue weighted by molar-refractivity contribution is 7.91. The van der Waals surface area contributed by atoms with Crippen molar-refractivity contribution in [1.82, 2.24) is 0 Å². The zero-order chi connectivity index (χ0) is 20.2. The Morgan fingerprint density at radius 2 is 1.44 bits per heavy atom. The van der Waals surface area contributed by atoms with Gasteiger partial charge in [-0.1, -0.05) is 0 Å². The number of alkyl halides is 2. The molecule has 0 bridgehead atoms. The van der Waals surface area contributed by atoms with Gasteiger partial charge >= 0.3 is 11.7 Å². The van der Waals surface area contributed by atoms with Crippen LogP contribution in [0.5, 0.6) is 0 Å². The summed E-state index contributed by atoms with van der Waals surface area (Å²) in [4.78, 5) is 23.4. The Balaban J connectivity index is 2.08. The van der Waals surface area contributed by atoms with Crippen LogP contribution in [0.1, 0.15) is 34.6 Å². The summed E-state index contributed by atoms with van der Waals surface area (Å²) in [6, 6.07) is 10.1. The number of amides is 1. The molecule has 0 radical (unpaired) electrons. The maximum atomic E-state index is 12.5. The van der Waals surface area contributed by atoms with Gasteiger partial charge in [-0.3, -0.25) is 4.79 Å². The van der Waals surface area contributed by atoms with Crippen LogP contribution < -0.4 is 5.32 Å². The van der Waals surface area contributed by atoms with Crippen molar-refractivity contribution >= 4 is 27.4 Å². The number of benzene rings is 2. The molecule has 27 heavy (non-hydrogen) atoms. The van der Waals surface area contributed by atoms with E-state index in [0.717, 1.165) is 24.3 Å². The lowest BCUT2D eigenvalue weighted by Crippen LogP contribution is -2.14. The summed E-state index contributed by atoms with van der Waals surface area (Å²) < 4.78 is 52.8. The molecular formula is C18H17F2NO5S. The molecule has 0 aliphatic rings. The average molecular weight is 397 g/mol. The van der Waals surface area contributed by atoms with E-state index in [1.807, 2.05) is 0 Å². The first-order valence-corrected chi connectivity index (χ1v) is 9.40. The number of sulfone groups is 1. The molecule has 0 saturated carbocycles. The maximum Gasteiger partial charge on any atom is 0.341 e. The fourth-order valence-electron chi connectivity index (χ4n) is 2.07. The van der Waals surface area contributed by atoms with Gasteiger partial charge in [0.25, 0.3) is 5.91 Å². The Labute approximate surface area is 155 Å². The molecule has 144 valence electrons. The van der Waals surface area contributed by atoms with Crippen molar-refractivity contribution in [2.45, 2.75) is 30.6 Å². The van der Waals surface area contributed by atoms with Gasteiger partial charge in [0.1, 0.15) is 0 Å². The van der Waals surface area contributed by atoms with Gasteiger partial charge in [-0.05, 0) is 62.4 Å². The Morgan fingerprint density at radius 3 is 1.93 bits per heavy atom. The first-order valence-electron chi connectivity index (χ1n) is 7.86. The molecule has 0 saturated heterocycles. The summed E-state index contributed by atoms with van der Waals surface area (Å²) in [7, 11) is -4.71. The lowest BCUT2D eigenvalue weighted by Gasteiger charge is -2.09. The molecule has 2 aromatic rings. The topological polar surface area (TPSA) is 89.5 Å². The number of carbonyl (C=O) groups is 2. The summed E-state index contributed by atoms with van der Waals surface area (Å²) in [5.41, 5.74) is 0.806. The molecule has 6 nitrogen and oxygen atoms in total. The molecule has 0 aliphatic carbocycles. The molecule has 0 aromatic heterocycles. The molecule has 2 rings (SSSR count). The number of halogens is 2. The maximum absolute atomic E-state index is 12.5. The van der Waals surface area contributed by atoms with Gasteiger partial charge in [0.15, 0.2) is 0 Å². The number of hydrogen-bond donors (Lipinski definition) is 1. The number of anilines is 1. The Morgan fingerprint density at radius 1 is 0.926 bits per heavy atom. The van der Waals surface area contributed by atoms with Gasteiger partial charge in [-0.25, -0.2) is 13.2 Å². The number of carbonyl (C=O) groups excluding carboxylic acids is 2. The van der Waals surface area contributed by atoms with Crippen LogP contribution in [0, 0.1) is 0 Å². The van der Waals surface area contributed by atoms with Crippen molar-refractivity contribution in [3.8, 4) is 0 Å². The minimum Gasteiger partial charge on any atom is -0.459 e. The first-order chi connectivity index (χ1) is 12.6. The van der Waals surface area contributed by atoms with E-state index in [0.29, 0.717) is 11.3 Å². The average Bonchev–Trinajstić information content (AvgIpc) is 2.61. The van der Waals surface area contributed by atoms with E-state index >= 15 is 0 Å². The lowest BCUT2D eigenvalue weighted by atomic mass is 10.2. The zero-order valence-corrected chi connectivity index (χ0v) is 15.3. The predicted molar refractivity (Wildman–Crippen MR) is 94.6 cm³/mol. The van der Waals surface area contributed by atoms with E-state index in [9.17, 15) is 26.8 Å². The smallest absolute Gasteiger partial charge is 0.341 e. The van der Waals surface area contributed by atoms with Gasteiger partial charge < -0.3 is 10.1 Å². The van der Waals surface area contributed by atoms with E-state index in [1.165, 1.54) is 24.3 Å². The van der Waals surface area contributed by atoms with Crippen LogP contribution >= 0.6 is 0 Å². The van der Waals surface area contributed by atoms with Crippen molar-refractivity contribution in [3.05, 3.63) is 59.7 Å². The molecular weight excluding hydrogens is 380 g/mol. The summed E-state index contributed by atoms with van der Waals surface area (Å²) in [5.74, 6) is -4.58. The molecule has 0 atom stereocenters. The summed E-state index contributed by atoms with van der Waals surface area (Å²) >= 11 is 0. The summed E-state index contributed by atoms with van der Waals surface area (Å²) in [5, 5.41) is 2.56. The minimum absolute atomic E-state index is 0.0894. The molecule has 0 aliphatic heterocycles. The second-order valence-electron chi connectivity index (χ2n) is 5.82. The van der Waals surface area contributed by atoms with E-state index in [4.69, 9.17) is 4.74 Å². The van der Waals surface area contributed by atoms with E-state index in [2.05, 4.69) is 5.32 Å². The van der Waals surface area contributed by atoms with Crippen LogP contribution in [0.25, 0.3) is 0 Å². The van der Waals surface area contributed by atoms with Gasteiger partial charge in [-0.2, -0.15) is 8.78 Å². The van der Waals surface area contributed by atoms with Crippen LogP contribution in [0.4, 0.5) is 14.5 Å². The minimum atomic E-state index is -4.71. The van der Waals surface area contributed by atoms with Crippen molar-refractivity contribution in [2.24, 2.45) is 0 Å². The number of nitrogens with one attached hydrogen (secondary N) is 1. The van der Waals surface area contributed by atoms with Gasteiger partial charge in [0, 0.05) is 11.3 Å². The number of esters is 1. The number of ether oxygens (including phenoxy) is 1. The number of hydrogen-bond acceptors (Lipinski definition) is 5. The predicted octanol–water partition coefficient (Wildman–Crippen LogP) is 3.50. The lowest BCUT2D eigenvalue weighted by molar-refractivity contribution is 0.0378. The van der Waals surface area contributed by atoms with E-state index < -0.39 is 32.4 Å². The fraction of sp³-hybridized carbons (Fsp3) is 0.222. The highest BCUT2D eigenvalue weighted by Gasteiger charge is 2.26.